The van der Waals surface area contributed by atoms with Gasteiger partial charge in [-0.3, -0.25) is 4.79 Å². The summed E-state index contributed by atoms with van der Waals surface area (Å²) in [4.78, 5) is 19.7. The third kappa shape index (κ3) is 6.20. The number of amides is 1. The number of aryl methyl sites for hydroxylation is 1. The topological polar surface area (TPSA) is 69.8 Å². The van der Waals surface area contributed by atoms with E-state index in [4.69, 9.17) is 0 Å². The number of aromatic amines is 1. The van der Waals surface area contributed by atoms with E-state index in [1.807, 2.05) is 11.8 Å². The first-order chi connectivity index (χ1) is 11.7. The van der Waals surface area contributed by atoms with Gasteiger partial charge < -0.3 is 15.6 Å². The van der Waals surface area contributed by atoms with Crippen molar-refractivity contribution in [2.45, 2.75) is 31.6 Å². The number of nitrogens with zero attached hydrogens (tertiary/aromatic N) is 1. The van der Waals surface area contributed by atoms with Gasteiger partial charge in [-0.15, -0.1) is 24.8 Å². The van der Waals surface area contributed by atoms with Gasteiger partial charge in [-0.25, -0.2) is 4.98 Å². The number of carbonyl (C=O) groups is 1. The molecule has 3 N–H and O–H groups in total. The van der Waals surface area contributed by atoms with E-state index >= 15 is 0 Å². The lowest BCUT2D eigenvalue weighted by molar-refractivity contribution is -0.123. The van der Waals surface area contributed by atoms with Crippen molar-refractivity contribution in [1.82, 2.24) is 20.6 Å². The van der Waals surface area contributed by atoms with Gasteiger partial charge in [-0.2, -0.15) is 11.8 Å². The first-order valence-electron chi connectivity index (χ1n) is 8.40. The zero-order valence-electron chi connectivity index (χ0n) is 14.8. The standard InChI is InChI=1S/C18H24N4OS.2ClH/c1-13-4-2-5-14(10-13)11-24-9-3-7-20-18(23)17-16-15(6-8-19-17)21-12-22-16;;/h2,4-5,10,12,17,19H,3,6-9,11H2,1H3,(H,20,23)(H,21,22);2*1H. The Hall–Kier alpha value is -1.21. The Labute approximate surface area is 171 Å². The van der Waals surface area contributed by atoms with Crippen LogP contribution in [0.1, 0.15) is 35.0 Å². The second-order valence-electron chi connectivity index (χ2n) is 6.09. The largest absolute Gasteiger partial charge is 0.354 e. The highest BCUT2D eigenvalue weighted by atomic mass is 35.5. The Morgan fingerprint density at radius 2 is 2.23 bits per heavy atom. The quantitative estimate of drug-likeness (QED) is 0.606. The molecule has 1 unspecified atom stereocenters. The fourth-order valence-corrected chi connectivity index (χ4v) is 3.82. The third-order valence-corrected chi connectivity index (χ3v) is 5.24. The first kappa shape index (κ1) is 22.8. The van der Waals surface area contributed by atoms with Crippen molar-refractivity contribution in [2.24, 2.45) is 0 Å². The molecule has 0 aliphatic carbocycles. The maximum absolute atomic E-state index is 12.3. The predicted molar refractivity (Wildman–Crippen MR) is 112 cm³/mol. The molecule has 8 heteroatoms. The zero-order chi connectivity index (χ0) is 16.8. The van der Waals surface area contributed by atoms with Crippen molar-refractivity contribution in [3.05, 3.63) is 53.1 Å². The fraction of sp³-hybridized carbons (Fsp3) is 0.444. The Kier molecular flexibility index (Phi) is 10.1. The van der Waals surface area contributed by atoms with Crippen LogP contribution >= 0.6 is 36.6 Å². The molecule has 0 fully saturated rings. The number of benzene rings is 1. The van der Waals surface area contributed by atoms with Crippen LogP contribution < -0.4 is 10.6 Å². The molecule has 1 amide bonds. The number of rotatable bonds is 7. The SMILES string of the molecule is Cc1cccc(CSCCCNC(=O)C2NCCc3[nH]cnc32)c1.Cl.Cl. The number of halogens is 2. The van der Waals surface area contributed by atoms with Gasteiger partial charge in [0.25, 0.3) is 0 Å². The van der Waals surface area contributed by atoms with Crippen molar-refractivity contribution in [1.29, 1.82) is 0 Å². The molecule has 1 aliphatic rings. The van der Waals surface area contributed by atoms with Crippen LogP contribution in [0.25, 0.3) is 0 Å². The lowest BCUT2D eigenvalue weighted by Gasteiger charge is -2.22. The molecule has 0 radical (unpaired) electrons. The predicted octanol–water partition coefficient (Wildman–Crippen LogP) is 3.19. The molecule has 3 rings (SSSR count). The number of thioether (sulfide) groups is 1. The number of aromatic nitrogens is 2. The summed E-state index contributed by atoms with van der Waals surface area (Å²) in [5.74, 6) is 2.09. The first-order valence-corrected chi connectivity index (χ1v) is 9.56. The molecule has 1 aromatic carbocycles. The minimum atomic E-state index is -0.319. The summed E-state index contributed by atoms with van der Waals surface area (Å²) in [6.07, 6.45) is 3.54. The molecule has 1 aromatic heterocycles. The van der Waals surface area contributed by atoms with Gasteiger partial charge in [-0.05, 0) is 24.7 Å². The average molecular weight is 417 g/mol. The number of hydrogen-bond acceptors (Lipinski definition) is 4. The minimum Gasteiger partial charge on any atom is -0.354 e. The Morgan fingerprint density at radius 3 is 3.04 bits per heavy atom. The van der Waals surface area contributed by atoms with Gasteiger partial charge >= 0.3 is 0 Å². The van der Waals surface area contributed by atoms with Crippen LogP contribution in [0.15, 0.2) is 30.6 Å². The van der Waals surface area contributed by atoms with Crippen LogP contribution in [0.5, 0.6) is 0 Å². The van der Waals surface area contributed by atoms with Gasteiger partial charge in [0, 0.05) is 31.0 Å². The summed E-state index contributed by atoms with van der Waals surface area (Å²) in [6, 6.07) is 8.29. The molecule has 0 saturated heterocycles. The van der Waals surface area contributed by atoms with E-state index in [1.165, 1.54) is 11.1 Å². The van der Waals surface area contributed by atoms with E-state index in [0.29, 0.717) is 6.54 Å². The molecule has 2 aromatic rings. The van der Waals surface area contributed by atoms with Crippen molar-refractivity contribution < 1.29 is 4.79 Å². The molecule has 1 aliphatic heterocycles. The van der Waals surface area contributed by atoms with E-state index in [-0.39, 0.29) is 36.8 Å². The van der Waals surface area contributed by atoms with Crippen molar-refractivity contribution in [3.8, 4) is 0 Å². The molecular weight excluding hydrogens is 391 g/mol. The molecule has 144 valence electrons. The number of nitrogens with one attached hydrogen (secondary N) is 3. The van der Waals surface area contributed by atoms with Gasteiger partial charge in [0.15, 0.2) is 0 Å². The fourth-order valence-electron chi connectivity index (χ4n) is 2.92. The van der Waals surface area contributed by atoms with Gasteiger partial charge in [-0.1, -0.05) is 29.8 Å². The highest BCUT2D eigenvalue weighted by Gasteiger charge is 2.27. The van der Waals surface area contributed by atoms with E-state index in [0.717, 1.165) is 42.3 Å². The molecule has 5 nitrogen and oxygen atoms in total. The highest BCUT2D eigenvalue weighted by Crippen LogP contribution is 2.19. The maximum Gasteiger partial charge on any atom is 0.243 e. The Balaban J connectivity index is 0.00000169. The summed E-state index contributed by atoms with van der Waals surface area (Å²) in [5.41, 5.74) is 4.58. The number of carbonyl (C=O) groups excluding carboxylic acids is 1. The van der Waals surface area contributed by atoms with Crippen LogP contribution in [-0.4, -0.2) is 34.7 Å². The van der Waals surface area contributed by atoms with Gasteiger partial charge in [0.1, 0.15) is 6.04 Å². The lowest BCUT2D eigenvalue weighted by Crippen LogP contribution is -2.41. The summed E-state index contributed by atoms with van der Waals surface area (Å²) >= 11 is 1.91. The Morgan fingerprint density at radius 1 is 1.38 bits per heavy atom. The van der Waals surface area contributed by atoms with Crippen LogP contribution in [-0.2, 0) is 17.0 Å². The van der Waals surface area contributed by atoms with Crippen molar-refractivity contribution >= 4 is 42.5 Å². The average Bonchev–Trinajstić information content (AvgIpc) is 3.06. The van der Waals surface area contributed by atoms with E-state index in [2.05, 4.69) is 51.8 Å². The Bertz CT molecular complexity index is 695. The number of H-pyrrole nitrogens is 1. The van der Waals surface area contributed by atoms with E-state index in [1.54, 1.807) is 6.33 Å². The van der Waals surface area contributed by atoms with E-state index < -0.39 is 0 Å². The number of imidazole rings is 1. The van der Waals surface area contributed by atoms with Crippen molar-refractivity contribution in [2.75, 3.05) is 18.8 Å². The molecular formula is C18H26Cl2N4OS. The third-order valence-electron chi connectivity index (χ3n) is 4.13. The molecule has 26 heavy (non-hydrogen) atoms. The second-order valence-corrected chi connectivity index (χ2v) is 7.19. The normalized spacial score (nSPS) is 15.3. The second kappa shape index (κ2) is 11.5. The van der Waals surface area contributed by atoms with E-state index in [9.17, 15) is 4.79 Å². The highest BCUT2D eigenvalue weighted by molar-refractivity contribution is 7.98. The van der Waals surface area contributed by atoms with Crippen LogP contribution in [0, 0.1) is 6.92 Å². The number of fused-ring (bicyclic) bond motifs is 1. The maximum atomic E-state index is 12.3. The minimum absolute atomic E-state index is 0. The summed E-state index contributed by atoms with van der Waals surface area (Å²) in [5, 5.41) is 6.26. The summed E-state index contributed by atoms with van der Waals surface area (Å²) in [7, 11) is 0. The summed E-state index contributed by atoms with van der Waals surface area (Å²) in [6.45, 7) is 3.63. The molecule has 0 saturated carbocycles. The smallest absolute Gasteiger partial charge is 0.243 e. The molecule has 2 heterocycles. The van der Waals surface area contributed by atoms with Gasteiger partial charge in [0.2, 0.25) is 5.91 Å². The zero-order valence-corrected chi connectivity index (χ0v) is 17.2. The molecule has 1 atom stereocenters. The van der Waals surface area contributed by atoms with Crippen LogP contribution in [0.3, 0.4) is 0 Å². The lowest BCUT2D eigenvalue weighted by atomic mass is 10.1. The van der Waals surface area contributed by atoms with Crippen LogP contribution in [0.4, 0.5) is 0 Å². The summed E-state index contributed by atoms with van der Waals surface area (Å²) < 4.78 is 0. The van der Waals surface area contributed by atoms with Crippen molar-refractivity contribution in [3.63, 3.8) is 0 Å². The molecule has 0 bridgehead atoms. The monoisotopic (exact) mass is 416 g/mol. The van der Waals surface area contributed by atoms with Gasteiger partial charge in [0.05, 0.1) is 12.0 Å². The van der Waals surface area contributed by atoms with Crippen LogP contribution in [0.2, 0.25) is 0 Å². The number of hydrogen-bond donors (Lipinski definition) is 3. The molecule has 0 spiro atoms.